The molecule has 0 radical (unpaired) electrons. The van der Waals surface area contributed by atoms with Crippen LogP contribution >= 0.6 is 0 Å². The van der Waals surface area contributed by atoms with Gasteiger partial charge < -0.3 is 4.90 Å². The number of hydrogen-bond acceptors (Lipinski definition) is 4. The van der Waals surface area contributed by atoms with Gasteiger partial charge in [-0.15, -0.1) is 0 Å². The summed E-state index contributed by atoms with van der Waals surface area (Å²) in [6.07, 6.45) is 1.68. The number of nitrogens with zero attached hydrogens (tertiary/aromatic N) is 2. The van der Waals surface area contributed by atoms with Crippen LogP contribution in [0, 0.1) is 6.92 Å². The Hall–Kier alpha value is -2.25. The highest BCUT2D eigenvalue weighted by Crippen LogP contribution is 2.12. The van der Waals surface area contributed by atoms with Crippen molar-refractivity contribution >= 4 is 15.9 Å². The molecule has 0 fully saturated rings. The van der Waals surface area contributed by atoms with Gasteiger partial charge in [0.25, 0.3) is 5.91 Å². The third-order valence-corrected chi connectivity index (χ3v) is 4.21. The maximum absolute atomic E-state index is 12.3. The molecule has 1 heterocycles. The molecule has 6 nitrogen and oxygen atoms in total. The first-order valence-corrected chi connectivity index (χ1v) is 8.12. The van der Waals surface area contributed by atoms with Gasteiger partial charge in [-0.05, 0) is 42.8 Å². The molecule has 1 aromatic carbocycles. The van der Waals surface area contributed by atoms with E-state index in [0.717, 1.165) is 11.3 Å². The van der Waals surface area contributed by atoms with Crippen LogP contribution < -0.4 is 5.14 Å². The average molecular weight is 319 g/mol. The number of benzene rings is 1. The summed E-state index contributed by atoms with van der Waals surface area (Å²) in [7, 11) is -2.08. The van der Waals surface area contributed by atoms with E-state index in [-0.39, 0.29) is 10.8 Å². The lowest BCUT2D eigenvalue weighted by Gasteiger charge is -2.18. The molecule has 0 saturated carbocycles. The molecule has 116 valence electrons. The van der Waals surface area contributed by atoms with Gasteiger partial charge in [0, 0.05) is 18.8 Å². The summed E-state index contributed by atoms with van der Waals surface area (Å²) in [4.78, 5) is 18.1. The third-order valence-electron chi connectivity index (χ3n) is 3.28. The van der Waals surface area contributed by atoms with Crippen molar-refractivity contribution < 1.29 is 13.2 Å². The fourth-order valence-corrected chi connectivity index (χ4v) is 2.50. The largest absolute Gasteiger partial charge is 0.336 e. The number of primary sulfonamides is 1. The molecule has 7 heteroatoms. The number of hydrogen-bond donors (Lipinski definition) is 1. The molecule has 0 aliphatic heterocycles. The van der Waals surface area contributed by atoms with Crippen molar-refractivity contribution in [3.8, 4) is 0 Å². The lowest BCUT2D eigenvalue weighted by Crippen LogP contribution is -2.27. The smallest absolute Gasteiger partial charge is 0.253 e. The molecule has 1 amide bonds. The fourth-order valence-electron chi connectivity index (χ4n) is 1.99. The van der Waals surface area contributed by atoms with Crippen LogP contribution in [-0.2, 0) is 16.6 Å². The highest BCUT2D eigenvalue weighted by Gasteiger charge is 2.15. The van der Waals surface area contributed by atoms with Crippen LogP contribution in [0.3, 0.4) is 0 Å². The van der Waals surface area contributed by atoms with Crippen molar-refractivity contribution in [2.24, 2.45) is 5.14 Å². The minimum absolute atomic E-state index is 0.0210. The second-order valence-electron chi connectivity index (χ2n) is 5.00. The van der Waals surface area contributed by atoms with E-state index in [9.17, 15) is 13.2 Å². The quantitative estimate of drug-likeness (QED) is 0.919. The summed E-state index contributed by atoms with van der Waals surface area (Å²) in [6, 6.07) is 9.31. The van der Waals surface area contributed by atoms with Crippen LogP contribution in [-0.4, -0.2) is 31.3 Å². The number of rotatable bonds is 4. The van der Waals surface area contributed by atoms with Gasteiger partial charge in [-0.3, -0.25) is 9.78 Å². The average Bonchev–Trinajstić information content (AvgIpc) is 2.48. The molecule has 2 aromatic rings. The van der Waals surface area contributed by atoms with Gasteiger partial charge in [0.1, 0.15) is 0 Å². The third kappa shape index (κ3) is 3.69. The van der Waals surface area contributed by atoms with Gasteiger partial charge in [-0.1, -0.05) is 6.07 Å². The predicted octanol–water partition coefficient (Wildman–Crippen LogP) is 1.31. The Morgan fingerprint density at radius 3 is 2.41 bits per heavy atom. The van der Waals surface area contributed by atoms with Crippen LogP contribution in [0.25, 0.3) is 0 Å². The zero-order valence-corrected chi connectivity index (χ0v) is 13.2. The van der Waals surface area contributed by atoms with Crippen molar-refractivity contribution in [3.63, 3.8) is 0 Å². The highest BCUT2D eigenvalue weighted by molar-refractivity contribution is 7.89. The van der Waals surface area contributed by atoms with Crippen molar-refractivity contribution in [2.45, 2.75) is 18.4 Å². The minimum Gasteiger partial charge on any atom is -0.336 e. The molecule has 2 rings (SSSR count). The molecule has 0 saturated heterocycles. The first kappa shape index (κ1) is 16.1. The van der Waals surface area contributed by atoms with Crippen molar-refractivity contribution in [1.29, 1.82) is 0 Å². The van der Waals surface area contributed by atoms with E-state index >= 15 is 0 Å². The molecule has 2 N–H and O–H groups in total. The van der Waals surface area contributed by atoms with Crippen LogP contribution in [0.2, 0.25) is 0 Å². The van der Waals surface area contributed by atoms with E-state index in [2.05, 4.69) is 4.98 Å². The van der Waals surface area contributed by atoms with Crippen LogP contribution in [0.5, 0.6) is 0 Å². The molecule has 0 spiro atoms. The van der Waals surface area contributed by atoms with E-state index in [1.165, 1.54) is 29.2 Å². The molecule has 0 unspecified atom stereocenters. The maximum atomic E-state index is 12.3. The summed E-state index contributed by atoms with van der Waals surface area (Å²) in [5, 5.41) is 5.03. The Balaban J connectivity index is 2.16. The first-order valence-electron chi connectivity index (χ1n) is 6.58. The number of aryl methyl sites for hydroxylation is 1. The SMILES string of the molecule is Cc1cccnc1CN(C)C(=O)c1ccc(S(N)(=O)=O)cc1. The summed E-state index contributed by atoms with van der Waals surface area (Å²) in [5.41, 5.74) is 2.22. The minimum atomic E-state index is -3.75. The van der Waals surface area contributed by atoms with Crippen LogP contribution in [0.1, 0.15) is 21.6 Å². The van der Waals surface area contributed by atoms with Crippen LogP contribution in [0.4, 0.5) is 0 Å². The normalized spacial score (nSPS) is 11.2. The van der Waals surface area contributed by atoms with Gasteiger partial charge in [-0.25, -0.2) is 13.6 Å². The lowest BCUT2D eigenvalue weighted by atomic mass is 10.1. The lowest BCUT2D eigenvalue weighted by molar-refractivity contribution is 0.0783. The van der Waals surface area contributed by atoms with E-state index in [1.54, 1.807) is 13.2 Å². The summed E-state index contributed by atoms with van der Waals surface area (Å²) in [5.74, 6) is -0.217. The zero-order valence-electron chi connectivity index (χ0n) is 12.4. The number of carbonyl (C=O) groups excluding carboxylic acids is 1. The summed E-state index contributed by atoms with van der Waals surface area (Å²) in [6.45, 7) is 2.31. The first-order chi connectivity index (χ1) is 10.3. The number of pyridine rings is 1. The molecule has 0 aliphatic rings. The van der Waals surface area contributed by atoms with Gasteiger partial charge in [0.05, 0.1) is 17.1 Å². The predicted molar refractivity (Wildman–Crippen MR) is 82.6 cm³/mol. The number of aromatic nitrogens is 1. The van der Waals surface area contributed by atoms with E-state index in [0.29, 0.717) is 12.1 Å². The van der Waals surface area contributed by atoms with Crippen molar-refractivity contribution in [3.05, 3.63) is 59.4 Å². The molecular weight excluding hydrogens is 302 g/mol. The molecular formula is C15H17N3O3S. The molecule has 22 heavy (non-hydrogen) atoms. The van der Waals surface area contributed by atoms with Crippen molar-refractivity contribution in [1.82, 2.24) is 9.88 Å². The number of nitrogens with two attached hydrogens (primary N) is 1. The van der Waals surface area contributed by atoms with Gasteiger partial charge in [-0.2, -0.15) is 0 Å². The van der Waals surface area contributed by atoms with Gasteiger partial charge in [0.2, 0.25) is 10.0 Å². The van der Waals surface area contributed by atoms with Gasteiger partial charge in [0.15, 0.2) is 0 Å². The zero-order chi connectivity index (χ0) is 16.3. The van der Waals surface area contributed by atoms with E-state index < -0.39 is 10.0 Å². The Labute approximate surface area is 129 Å². The Bertz CT molecular complexity index is 786. The topological polar surface area (TPSA) is 93.4 Å². The standard InChI is InChI=1S/C15H17N3O3S/c1-11-4-3-9-17-14(11)10-18(2)15(19)12-5-7-13(8-6-12)22(16,20)21/h3-9H,10H2,1-2H3,(H2,16,20,21). The second-order valence-corrected chi connectivity index (χ2v) is 6.56. The molecule has 0 bridgehead atoms. The number of amides is 1. The van der Waals surface area contributed by atoms with E-state index in [1.807, 2.05) is 19.1 Å². The summed E-state index contributed by atoms with van der Waals surface area (Å²) >= 11 is 0. The Kier molecular flexibility index (Phi) is 4.58. The Morgan fingerprint density at radius 1 is 1.23 bits per heavy atom. The monoisotopic (exact) mass is 319 g/mol. The molecule has 0 atom stereocenters. The van der Waals surface area contributed by atoms with Crippen molar-refractivity contribution in [2.75, 3.05) is 7.05 Å². The highest BCUT2D eigenvalue weighted by atomic mass is 32.2. The second kappa shape index (κ2) is 6.25. The maximum Gasteiger partial charge on any atom is 0.253 e. The number of sulfonamides is 1. The van der Waals surface area contributed by atoms with Gasteiger partial charge >= 0.3 is 0 Å². The Morgan fingerprint density at radius 2 is 1.86 bits per heavy atom. The number of carbonyl (C=O) groups is 1. The van der Waals surface area contributed by atoms with E-state index in [4.69, 9.17) is 5.14 Å². The fraction of sp³-hybridized carbons (Fsp3) is 0.200. The van der Waals surface area contributed by atoms with Crippen LogP contribution in [0.15, 0.2) is 47.5 Å². The molecule has 0 aliphatic carbocycles. The molecule has 1 aromatic heterocycles. The summed E-state index contributed by atoms with van der Waals surface area (Å²) < 4.78 is 22.4.